The lowest BCUT2D eigenvalue weighted by Crippen LogP contribution is -2.62. The van der Waals surface area contributed by atoms with E-state index in [0.29, 0.717) is 0 Å². The van der Waals surface area contributed by atoms with Crippen molar-refractivity contribution in [3.05, 3.63) is 124 Å². The lowest BCUT2D eigenvalue weighted by Gasteiger charge is -2.46. The van der Waals surface area contributed by atoms with Crippen LogP contribution in [-0.4, -0.2) is 6.71 Å². The quantitative estimate of drug-likeness (QED) is 0.164. The molecule has 0 radical (unpaired) electrons. The maximum atomic E-state index is 2.76. The van der Waals surface area contributed by atoms with Crippen LogP contribution in [0.4, 0.5) is 34.1 Å². The molecule has 0 N–H and O–H groups in total. The van der Waals surface area contributed by atoms with E-state index in [0.717, 1.165) is 12.8 Å². The summed E-state index contributed by atoms with van der Waals surface area (Å²) in [5.41, 5.74) is 21.2. The Morgan fingerprint density at radius 1 is 0.473 bits per heavy atom. The third-order valence-electron chi connectivity index (χ3n) is 13.9. The smallest absolute Gasteiger partial charge is 0.252 e. The van der Waals surface area contributed by atoms with Gasteiger partial charge >= 0.3 is 0 Å². The SMILES string of the molecule is CC(C)(C)c1ccc(N2c3ccc(C(C)(C)C)cc3B3c4ccc5c(c4N(c4cccc6c4C(C)(C)CC6(C)C)c4cccc2c43)C(C)(C)CC5(C)C)cc1. The molecular weight excluding hydrogens is 663 g/mol. The fraction of sp³-hybridized carbons (Fsp3) is 0.423. The maximum Gasteiger partial charge on any atom is 0.252 e. The van der Waals surface area contributed by atoms with Crippen molar-refractivity contribution in [2.45, 2.75) is 142 Å². The highest BCUT2D eigenvalue weighted by Crippen LogP contribution is 2.59. The third-order valence-corrected chi connectivity index (χ3v) is 13.9. The number of hydrogen-bond acceptors (Lipinski definition) is 2. The molecule has 4 aliphatic rings. The molecular formula is C52H61BN2. The molecule has 55 heavy (non-hydrogen) atoms. The topological polar surface area (TPSA) is 6.48 Å². The summed E-state index contributed by atoms with van der Waals surface area (Å²) in [5.74, 6) is 0. The monoisotopic (exact) mass is 724 g/mol. The van der Waals surface area contributed by atoms with Gasteiger partial charge in [0.1, 0.15) is 0 Å². The fourth-order valence-electron chi connectivity index (χ4n) is 12.0. The largest absolute Gasteiger partial charge is 0.311 e. The molecule has 0 spiro atoms. The number of hydrogen-bond donors (Lipinski definition) is 0. The number of rotatable bonds is 2. The van der Waals surface area contributed by atoms with Crippen LogP contribution in [0, 0.1) is 0 Å². The van der Waals surface area contributed by atoms with Crippen LogP contribution in [0.5, 0.6) is 0 Å². The van der Waals surface area contributed by atoms with Crippen molar-refractivity contribution in [2.75, 3.05) is 9.80 Å². The summed E-state index contributed by atoms with van der Waals surface area (Å²) in [5, 5.41) is 0. The molecule has 0 unspecified atom stereocenters. The lowest BCUT2D eigenvalue weighted by molar-refractivity contribution is 0.403. The molecule has 5 aromatic carbocycles. The average Bonchev–Trinajstić information content (AvgIpc) is 3.41. The highest BCUT2D eigenvalue weighted by molar-refractivity contribution is 7.00. The van der Waals surface area contributed by atoms with Crippen LogP contribution in [0.15, 0.2) is 91.0 Å². The Labute approximate surface area is 332 Å². The summed E-state index contributed by atoms with van der Waals surface area (Å²) in [4.78, 5) is 5.32. The Balaban J connectivity index is 1.41. The van der Waals surface area contributed by atoms with Crippen LogP contribution in [0.2, 0.25) is 0 Å². The molecule has 0 atom stereocenters. The zero-order valence-corrected chi connectivity index (χ0v) is 36.0. The minimum Gasteiger partial charge on any atom is -0.311 e. The Morgan fingerprint density at radius 3 is 1.62 bits per heavy atom. The van der Waals surface area contributed by atoms with Crippen molar-refractivity contribution < 1.29 is 0 Å². The summed E-state index contributed by atoms with van der Waals surface area (Å²) >= 11 is 0. The van der Waals surface area contributed by atoms with Crippen molar-refractivity contribution in [2.24, 2.45) is 0 Å². The van der Waals surface area contributed by atoms with E-state index in [1.807, 2.05) is 0 Å². The standard InChI is InChI=1S/C52H61BN2/c1-47(2,3)32-21-24-34(25-22-32)54-39-28-23-33(48(4,5)6)29-38(39)53-37-27-26-36-44(52(13,14)31-50(36,9)10)46(37)55(42-20-16-19-41(54)45(42)53)40-18-15-17-35-43(40)51(11,12)30-49(35,7)8/h15-29H,30-31H2,1-14H3. The normalized spacial score (nSPS) is 19.4. The molecule has 0 bridgehead atoms. The first-order valence-corrected chi connectivity index (χ1v) is 20.8. The molecule has 2 aliphatic carbocycles. The Morgan fingerprint density at radius 2 is 1.00 bits per heavy atom. The summed E-state index contributed by atoms with van der Waals surface area (Å²) in [6.07, 6.45) is 2.26. The maximum absolute atomic E-state index is 2.76. The van der Waals surface area contributed by atoms with Gasteiger partial charge in [0.25, 0.3) is 6.71 Å². The molecule has 3 heteroatoms. The van der Waals surface area contributed by atoms with Crippen molar-refractivity contribution in [3.63, 3.8) is 0 Å². The highest BCUT2D eigenvalue weighted by atomic mass is 15.2. The van der Waals surface area contributed by atoms with Gasteiger partial charge in [0.15, 0.2) is 0 Å². The highest BCUT2D eigenvalue weighted by Gasteiger charge is 2.52. The van der Waals surface area contributed by atoms with Crippen LogP contribution >= 0.6 is 0 Å². The van der Waals surface area contributed by atoms with E-state index in [9.17, 15) is 0 Å². The molecule has 0 saturated heterocycles. The summed E-state index contributed by atoms with van der Waals surface area (Å²) in [7, 11) is 0. The van der Waals surface area contributed by atoms with E-state index in [4.69, 9.17) is 0 Å². The third kappa shape index (κ3) is 5.20. The van der Waals surface area contributed by atoms with Gasteiger partial charge in [-0.05, 0) is 131 Å². The summed E-state index contributed by atoms with van der Waals surface area (Å²) < 4.78 is 0. The molecule has 0 fully saturated rings. The van der Waals surface area contributed by atoms with Gasteiger partial charge in [-0.2, -0.15) is 0 Å². The molecule has 0 saturated carbocycles. The first-order valence-electron chi connectivity index (χ1n) is 20.8. The molecule has 9 rings (SSSR count). The molecule has 2 heterocycles. The van der Waals surface area contributed by atoms with E-state index < -0.39 is 0 Å². The van der Waals surface area contributed by atoms with Crippen molar-refractivity contribution in [1.29, 1.82) is 0 Å². The van der Waals surface area contributed by atoms with Gasteiger partial charge in [0, 0.05) is 28.4 Å². The number of anilines is 6. The average molecular weight is 725 g/mol. The molecule has 282 valence electrons. The van der Waals surface area contributed by atoms with Crippen LogP contribution in [-0.2, 0) is 32.5 Å². The Hall–Kier alpha value is -4.24. The second-order valence-electron chi connectivity index (χ2n) is 22.1. The Bertz CT molecular complexity index is 2410. The Kier molecular flexibility index (Phi) is 7.42. The van der Waals surface area contributed by atoms with E-state index >= 15 is 0 Å². The first-order chi connectivity index (χ1) is 25.5. The number of benzene rings is 5. The van der Waals surface area contributed by atoms with Gasteiger partial charge in [-0.25, -0.2) is 0 Å². The zero-order chi connectivity index (χ0) is 39.4. The van der Waals surface area contributed by atoms with E-state index in [2.05, 4.69) is 198 Å². The second kappa shape index (κ2) is 11.2. The van der Waals surface area contributed by atoms with Gasteiger partial charge in [-0.1, -0.05) is 152 Å². The number of fused-ring (bicyclic) bond motifs is 7. The summed E-state index contributed by atoms with van der Waals surface area (Å²) in [6, 6.07) is 36.1. The van der Waals surface area contributed by atoms with Crippen LogP contribution in [0.1, 0.15) is 143 Å². The fourth-order valence-corrected chi connectivity index (χ4v) is 12.0. The molecule has 0 amide bonds. The zero-order valence-electron chi connectivity index (χ0n) is 36.0. The molecule has 2 nitrogen and oxygen atoms in total. The predicted octanol–water partition coefficient (Wildman–Crippen LogP) is 12.3. The van der Waals surface area contributed by atoms with Gasteiger partial charge in [-0.15, -0.1) is 0 Å². The number of nitrogens with zero attached hydrogens (tertiary/aromatic N) is 2. The van der Waals surface area contributed by atoms with Gasteiger partial charge in [0.05, 0.1) is 5.69 Å². The van der Waals surface area contributed by atoms with Crippen LogP contribution in [0.3, 0.4) is 0 Å². The lowest BCUT2D eigenvalue weighted by atomic mass is 9.33. The predicted molar refractivity (Wildman–Crippen MR) is 239 cm³/mol. The van der Waals surface area contributed by atoms with Gasteiger partial charge < -0.3 is 9.80 Å². The van der Waals surface area contributed by atoms with Crippen molar-refractivity contribution in [1.82, 2.24) is 0 Å². The second-order valence-corrected chi connectivity index (χ2v) is 22.1. The van der Waals surface area contributed by atoms with Crippen molar-refractivity contribution >= 4 is 57.2 Å². The molecule has 5 aromatic rings. The van der Waals surface area contributed by atoms with Crippen LogP contribution in [0.25, 0.3) is 0 Å². The van der Waals surface area contributed by atoms with E-state index in [1.165, 1.54) is 83.9 Å². The van der Waals surface area contributed by atoms with Gasteiger partial charge in [0.2, 0.25) is 0 Å². The minimum absolute atomic E-state index is 0.00979. The molecule has 0 aromatic heterocycles. The minimum atomic E-state index is 0.00979. The van der Waals surface area contributed by atoms with Crippen LogP contribution < -0.4 is 26.2 Å². The first kappa shape index (κ1) is 36.4. The van der Waals surface area contributed by atoms with E-state index in [-0.39, 0.29) is 39.2 Å². The molecule has 2 aliphatic heterocycles. The van der Waals surface area contributed by atoms with Crippen molar-refractivity contribution in [3.8, 4) is 0 Å². The van der Waals surface area contributed by atoms with Gasteiger partial charge in [-0.3, -0.25) is 0 Å². The summed E-state index contributed by atoms with van der Waals surface area (Å²) in [6.45, 7) is 33.9. The van der Waals surface area contributed by atoms with E-state index in [1.54, 1.807) is 0 Å².